The summed E-state index contributed by atoms with van der Waals surface area (Å²) in [6.45, 7) is 0.0772. The minimum absolute atomic E-state index is 0.0198. The quantitative estimate of drug-likeness (QED) is 0.342. The molecule has 160 valence electrons. The number of hydrogen-bond acceptors (Lipinski definition) is 6. The van der Waals surface area contributed by atoms with Crippen LogP contribution in [-0.2, 0) is 14.3 Å². The molecule has 31 heavy (non-hydrogen) atoms. The smallest absolute Gasteiger partial charge is 0.331 e. The fourth-order valence-electron chi connectivity index (χ4n) is 3.11. The molecule has 1 heterocycles. The van der Waals surface area contributed by atoms with Crippen molar-refractivity contribution in [1.82, 2.24) is 0 Å². The molecule has 0 aromatic heterocycles. The molecule has 0 fully saturated rings. The number of carbonyl (C=O) groups is 2. The average molecular weight is 488 g/mol. The zero-order valence-corrected chi connectivity index (χ0v) is 18.0. The lowest BCUT2D eigenvalue weighted by Crippen LogP contribution is -2.29. The molecule has 1 atom stereocenters. The Balaban J connectivity index is 1.88. The number of amides is 1. The van der Waals surface area contributed by atoms with E-state index in [1.807, 2.05) is 0 Å². The SMILES string of the molecule is COCC1=NN(c2ccc(Br)cc2)C(=O)C1C/C(=C/c1ccc([N+](=O)[O-])cc1)C(=O)O. The summed E-state index contributed by atoms with van der Waals surface area (Å²) in [5.74, 6) is -2.35. The number of hydrogen-bond donors (Lipinski definition) is 1. The van der Waals surface area contributed by atoms with Crippen molar-refractivity contribution in [3.05, 3.63) is 74.3 Å². The monoisotopic (exact) mass is 487 g/mol. The van der Waals surface area contributed by atoms with Crippen LogP contribution in [0.25, 0.3) is 6.08 Å². The normalized spacial score (nSPS) is 16.4. The van der Waals surface area contributed by atoms with E-state index >= 15 is 0 Å². The van der Waals surface area contributed by atoms with Gasteiger partial charge in [0.2, 0.25) is 0 Å². The third-order valence-corrected chi connectivity index (χ3v) is 5.17. The summed E-state index contributed by atoms with van der Waals surface area (Å²) < 4.78 is 6.00. The van der Waals surface area contributed by atoms with Crippen molar-refractivity contribution in [3.63, 3.8) is 0 Å². The van der Waals surface area contributed by atoms with Gasteiger partial charge in [-0.15, -0.1) is 0 Å². The lowest BCUT2D eigenvalue weighted by Gasteiger charge is -2.15. The van der Waals surface area contributed by atoms with Gasteiger partial charge >= 0.3 is 5.97 Å². The van der Waals surface area contributed by atoms with Crippen LogP contribution < -0.4 is 5.01 Å². The zero-order valence-electron chi connectivity index (χ0n) is 16.4. The van der Waals surface area contributed by atoms with Gasteiger partial charge in [0.15, 0.2) is 0 Å². The highest BCUT2D eigenvalue weighted by molar-refractivity contribution is 9.10. The molecule has 0 aliphatic carbocycles. The molecule has 9 nitrogen and oxygen atoms in total. The highest BCUT2D eigenvalue weighted by Crippen LogP contribution is 2.29. The van der Waals surface area contributed by atoms with E-state index in [1.54, 1.807) is 24.3 Å². The van der Waals surface area contributed by atoms with Gasteiger partial charge in [0.1, 0.15) is 0 Å². The largest absolute Gasteiger partial charge is 0.478 e. The molecule has 0 bridgehead atoms. The van der Waals surface area contributed by atoms with Crippen LogP contribution in [0.3, 0.4) is 0 Å². The first-order valence-electron chi connectivity index (χ1n) is 9.14. The van der Waals surface area contributed by atoms with Gasteiger partial charge in [-0.3, -0.25) is 14.9 Å². The van der Waals surface area contributed by atoms with Gasteiger partial charge in [-0.1, -0.05) is 15.9 Å². The van der Waals surface area contributed by atoms with Crippen LogP contribution in [0, 0.1) is 16.0 Å². The van der Waals surface area contributed by atoms with Crippen molar-refractivity contribution in [2.75, 3.05) is 18.7 Å². The van der Waals surface area contributed by atoms with Crippen molar-refractivity contribution in [3.8, 4) is 0 Å². The molecule has 1 N–H and O–H groups in total. The number of carboxylic acid groups (broad SMARTS) is 1. The molecule has 0 saturated carbocycles. The molecule has 2 aromatic carbocycles. The molecular formula is C21H18BrN3O6. The minimum atomic E-state index is -1.19. The summed E-state index contributed by atoms with van der Waals surface area (Å²) in [5, 5.41) is 26.1. The second-order valence-electron chi connectivity index (χ2n) is 6.73. The Morgan fingerprint density at radius 1 is 1.26 bits per heavy atom. The van der Waals surface area contributed by atoms with Crippen LogP contribution in [0.2, 0.25) is 0 Å². The lowest BCUT2D eigenvalue weighted by molar-refractivity contribution is -0.384. The maximum atomic E-state index is 13.1. The van der Waals surface area contributed by atoms with Crippen molar-refractivity contribution in [2.24, 2.45) is 11.0 Å². The number of carboxylic acids is 1. The number of rotatable bonds is 8. The first-order valence-corrected chi connectivity index (χ1v) is 9.93. The van der Waals surface area contributed by atoms with Gasteiger partial charge in [0.25, 0.3) is 11.6 Å². The Morgan fingerprint density at radius 2 is 1.90 bits per heavy atom. The molecule has 0 spiro atoms. The predicted molar refractivity (Wildman–Crippen MR) is 118 cm³/mol. The first kappa shape index (κ1) is 22.3. The van der Waals surface area contributed by atoms with Crippen LogP contribution in [0.4, 0.5) is 11.4 Å². The van der Waals surface area contributed by atoms with Crippen molar-refractivity contribution >= 4 is 51.0 Å². The Bertz CT molecular complexity index is 1060. The van der Waals surface area contributed by atoms with Gasteiger partial charge in [-0.05, 0) is 54.5 Å². The van der Waals surface area contributed by atoms with E-state index in [0.717, 1.165) is 4.47 Å². The number of hydrazone groups is 1. The standard InChI is InChI=1S/C21H18BrN3O6/c1-31-12-19-18(20(26)24(23-19)16-8-4-15(22)5-9-16)11-14(21(27)28)10-13-2-6-17(7-3-13)25(29)30/h2-10,18H,11-12H2,1H3,(H,27,28)/b14-10-. The summed E-state index contributed by atoms with van der Waals surface area (Å²) in [6, 6.07) is 12.5. The third-order valence-electron chi connectivity index (χ3n) is 4.64. The Kier molecular flexibility index (Phi) is 6.93. The molecule has 0 saturated heterocycles. The van der Waals surface area contributed by atoms with E-state index in [0.29, 0.717) is 17.0 Å². The predicted octanol–water partition coefficient (Wildman–Crippen LogP) is 3.88. The molecule has 1 amide bonds. The highest BCUT2D eigenvalue weighted by Gasteiger charge is 2.37. The van der Waals surface area contributed by atoms with Gasteiger partial charge in [0, 0.05) is 29.3 Å². The van der Waals surface area contributed by atoms with Gasteiger partial charge in [-0.2, -0.15) is 5.10 Å². The van der Waals surface area contributed by atoms with E-state index in [4.69, 9.17) is 4.74 Å². The fraction of sp³-hybridized carbons (Fsp3) is 0.190. The average Bonchev–Trinajstić information content (AvgIpc) is 3.04. The van der Waals surface area contributed by atoms with Gasteiger partial charge < -0.3 is 9.84 Å². The molecule has 1 aliphatic heterocycles. The van der Waals surface area contributed by atoms with Crippen molar-refractivity contribution in [1.29, 1.82) is 0 Å². The maximum Gasteiger partial charge on any atom is 0.331 e. The minimum Gasteiger partial charge on any atom is -0.478 e. The summed E-state index contributed by atoms with van der Waals surface area (Å²) in [7, 11) is 1.47. The summed E-state index contributed by atoms with van der Waals surface area (Å²) in [5.41, 5.74) is 1.34. The van der Waals surface area contributed by atoms with E-state index in [1.165, 1.54) is 42.5 Å². The molecule has 10 heteroatoms. The number of benzene rings is 2. The zero-order chi connectivity index (χ0) is 22.5. The molecule has 1 unspecified atom stereocenters. The Hall–Kier alpha value is -3.37. The van der Waals surface area contributed by atoms with E-state index in [-0.39, 0.29) is 30.2 Å². The van der Waals surface area contributed by atoms with Crippen LogP contribution in [0.1, 0.15) is 12.0 Å². The Labute approximate surface area is 185 Å². The molecule has 1 aliphatic rings. The van der Waals surface area contributed by atoms with E-state index in [2.05, 4.69) is 21.0 Å². The lowest BCUT2D eigenvalue weighted by atomic mass is 9.93. The number of nitro benzene ring substituents is 1. The topological polar surface area (TPSA) is 122 Å². The first-order chi connectivity index (χ1) is 14.8. The summed E-state index contributed by atoms with van der Waals surface area (Å²) in [4.78, 5) is 35.2. The molecular weight excluding hydrogens is 470 g/mol. The maximum absolute atomic E-state index is 13.1. The number of non-ortho nitro benzene ring substituents is 1. The summed E-state index contributed by atoms with van der Waals surface area (Å²) in [6.07, 6.45) is 1.30. The van der Waals surface area contributed by atoms with Crippen LogP contribution >= 0.6 is 15.9 Å². The number of methoxy groups -OCH3 is 1. The van der Waals surface area contributed by atoms with Crippen LogP contribution in [0.15, 0.2) is 63.7 Å². The van der Waals surface area contributed by atoms with Crippen LogP contribution in [-0.4, -0.2) is 41.3 Å². The summed E-state index contributed by atoms with van der Waals surface area (Å²) >= 11 is 3.34. The number of ether oxygens (including phenoxy) is 1. The highest BCUT2D eigenvalue weighted by atomic mass is 79.9. The third kappa shape index (κ3) is 5.22. The second kappa shape index (κ2) is 9.63. The molecule has 3 rings (SSSR count). The number of aliphatic carboxylic acids is 1. The number of nitro groups is 1. The number of nitrogens with zero attached hydrogens (tertiary/aromatic N) is 3. The van der Waals surface area contributed by atoms with E-state index < -0.39 is 16.8 Å². The number of carbonyl (C=O) groups excluding carboxylic acids is 1. The molecule has 2 aromatic rings. The van der Waals surface area contributed by atoms with E-state index in [9.17, 15) is 24.8 Å². The Morgan fingerprint density at radius 3 is 2.45 bits per heavy atom. The number of anilines is 1. The van der Waals surface area contributed by atoms with Crippen LogP contribution in [0.5, 0.6) is 0 Å². The van der Waals surface area contributed by atoms with Gasteiger partial charge in [-0.25, -0.2) is 9.80 Å². The van der Waals surface area contributed by atoms with Crippen molar-refractivity contribution < 1.29 is 24.4 Å². The van der Waals surface area contributed by atoms with Gasteiger partial charge in [0.05, 0.1) is 28.8 Å². The molecule has 0 radical (unpaired) electrons. The fourth-order valence-corrected chi connectivity index (χ4v) is 3.37. The number of halogens is 1. The second-order valence-corrected chi connectivity index (χ2v) is 7.65. The van der Waals surface area contributed by atoms with Crippen molar-refractivity contribution in [2.45, 2.75) is 6.42 Å².